The first-order chi connectivity index (χ1) is 23.7. The normalized spacial score (nSPS) is 10.9. The average molecular weight is 789 g/mol. The summed E-state index contributed by atoms with van der Waals surface area (Å²) in [5.41, 5.74) is 4.83. The Balaban J connectivity index is 1.08. The Morgan fingerprint density at radius 2 is 0.667 bits per heavy atom. The van der Waals surface area contributed by atoms with Crippen LogP contribution in [-0.2, 0) is 23.0 Å². The molecule has 0 aromatic heterocycles. The number of hydrogen-bond acceptors (Lipinski definition) is 10. The van der Waals surface area contributed by atoms with Crippen LogP contribution in [0.15, 0.2) is 121 Å². The molecular formula is C36H40N2O2S8. The van der Waals surface area contributed by atoms with Crippen molar-refractivity contribution in [1.82, 2.24) is 7.42 Å². The predicted octanol–water partition coefficient (Wildman–Crippen LogP) is 13.5. The van der Waals surface area contributed by atoms with Crippen LogP contribution in [0.2, 0.25) is 0 Å². The van der Waals surface area contributed by atoms with Crippen molar-refractivity contribution in [3.8, 4) is 0 Å². The first-order valence-electron chi connectivity index (χ1n) is 15.6. The lowest BCUT2D eigenvalue weighted by Crippen LogP contribution is -2.12. The van der Waals surface area contributed by atoms with Crippen LogP contribution >= 0.6 is 91.0 Å². The first kappa shape index (κ1) is 39.4. The SMILES string of the molecule is O=C(SSCCCCCCSSC(=O)N(SCc1ccccc1)SCc1ccccc1)N(SCc1ccccc1)SCc1ccccc1. The smallest absolute Gasteiger partial charge is 0.259 e. The fraction of sp³-hybridized carbons (Fsp3) is 0.278. The fourth-order valence-corrected chi connectivity index (χ4v) is 12.6. The van der Waals surface area contributed by atoms with Crippen molar-refractivity contribution in [3.63, 3.8) is 0 Å². The number of benzene rings is 4. The number of rotatable bonds is 21. The van der Waals surface area contributed by atoms with Crippen molar-refractivity contribution in [2.75, 3.05) is 11.5 Å². The van der Waals surface area contributed by atoms with Crippen molar-refractivity contribution >= 4 is 101 Å². The van der Waals surface area contributed by atoms with Gasteiger partial charge in [-0.2, -0.15) is 0 Å². The van der Waals surface area contributed by atoms with Gasteiger partial charge in [0, 0.05) is 56.1 Å². The predicted molar refractivity (Wildman–Crippen MR) is 224 cm³/mol. The number of amides is 2. The zero-order valence-electron chi connectivity index (χ0n) is 26.6. The lowest BCUT2D eigenvalue weighted by atomic mass is 10.2. The van der Waals surface area contributed by atoms with Crippen molar-refractivity contribution in [1.29, 1.82) is 0 Å². The lowest BCUT2D eigenvalue weighted by Gasteiger charge is -2.19. The highest BCUT2D eigenvalue weighted by molar-refractivity contribution is 8.82. The first-order valence-corrected chi connectivity index (χ1v) is 24.0. The molecule has 0 aliphatic carbocycles. The second-order valence-corrected chi connectivity index (χ2v) is 19.2. The highest BCUT2D eigenvalue weighted by Gasteiger charge is 2.18. The van der Waals surface area contributed by atoms with Crippen LogP contribution < -0.4 is 0 Å². The second-order valence-electron chi connectivity index (χ2n) is 10.3. The molecule has 254 valence electrons. The van der Waals surface area contributed by atoms with Crippen molar-refractivity contribution < 1.29 is 9.59 Å². The van der Waals surface area contributed by atoms with Gasteiger partial charge in [-0.25, -0.2) is 7.42 Å². The molecule has 0 N–H and O–H groups in total. The van der Waals surface area contributed by atoms with E-state index in [2.05, 4.69) is 48.5 Å². The van der Waals surface area contributed by atoms with Gasteiger partial charge in [0.2, 0.25) is 0 Å². The molecule has 0 unspecified atom stereocenters. The molecule has 0 aliphatic heterocycles. The van der Waals surface area contributed by atoms with Crippen LogP contribution in [0.25, 0.3) is 0 Å². The summed E-state index contributed by atoms with van der Waals surface area (Å²) in [6.07, 6.45) is 4.41. The van der Waals surface area contributed by atoms with E-state index < -0.39 is 0 Å². The van der Waals surface area contributed by atoms with Crippen molar-refractivity contribution in [2.45, 2.75) is 48.7 Å². The second kappa shape index (κ2) is 24.7. The monoisotopic (exact) mass is 788 g/mol. The van der Waals surface area contributed by atoms with E-state index >= 15 is 0 Å². The topological polar surface area (TPSA) is 40.6 Å². The Bertz CT molecular complexity index is 1240. The Labute approximate surface area is 319 Å². The van der Waals surface area contributed by atoms with Gasteiger partial charge in [0.05, 0.1) is 0 Å². The maximum Gasteiger partial charge on any atom is 0.312 e. The summed E-state index contributed by atoms with van der Waals surface area (Å²) in [5, 5.41) is 0.163. The minimum Gasteiger partial charge on any atom is -0.259 e. The molecule has 48 heavy (non-hydrogen) atoms. The molecule has 0 aliphatic rings. The Morgan fingerprint density at radius 1 is 0.396 bits per heavy atom. The third-order valence-electron chi connectivity index (χ3n) is 6.53. The lowest BCUT2D eigenvalue weighted by molar-refractivity contribution is 0.258. The van der Waals surface area contributed by atoms with E-state index in [9.17, 15) is 9.59 Å². The molecule has 4 aromatic carbocycles. The standard InChI is InChI=1S/C36H40N2O2S8/c39-35(37(41-27-31-17-7-3-8-18-31)42-28-32-19-9-4-10-20-32)47-45-25-15-1-2-16-26-46-48-36(40)38(43-29-33-21-11-5-12-22-33)44-30-34-23-13-6-14-24-34/h3-14,17-24H,1-2,15-16,25-30H2. The van der Waals surface area contributed by atoms with Crippen LogP contribution in [0, 0.1) is 0 Å². The summed E-state index contributed by atoms with van der Waals surface area (Å²) in [7, 11) is 5.99. The number of hydrogen-bond donors (Lipinski definition) is 0. The summed E-state index contributed by atoms with van der Waals surface area (Å²) in [6, 6.07) is 41.1. The van der Waals surface area contributed by atoms with E-state index in [-0.39, 0.29) is 10.5 Å². The minimum absolute atomic E-state index is 0.0814. The van der Waals surface area contributed by atoms with Crippen LogP contribution in [0.4, 0.5) is 9.59 Å². The van der Waals surface area contributed by atoms with Crippen LogP contribution in [-0.4, -0.2) is 29.4 Å². The molecular weight excluding hydrogens is 749 g/mol. The van der Waals surface area contributed by atoms with Crippen LogP contribution in [0.5, 0.6) is 0 Å². The van der Waals surface area contributed by atoms with E-state index in [1.807, 2.05) is 80.2 Å². The molecule has 4 rings (SSSR count). The molecule has 2 amide bonds. The quantitative estimate of drug-likeness (QED) is 0.0463. The van der Waals surface area contributed by atoms with E-state index in [0.29, 0.717) is 0 Å². The summed E-state index contributed by atoms with van der Waals surface area (Å²) in [5.74, 6) is 4.95. The molecule has 4 nitrogen and oxygen atoms in total. The zero-order chi connectivity index (χ0) is 33.5. The summed E-state index contributed by atoms with van der Waals surface area (Å²) < 4.78 is 3.69. The van der Waals surface area contributed by atoms with Gasteiger partial charge in [0.25, 0.3) is 0 Å². The van der Waals surface area contributed by atoms with Gasteiger partial charge in [-0.15, -0.1) is 0 Å². The van der Waals surface area contributed by atoms with Crippen LogP contribution in [0.3, 0.4) is 0 Å². The molecule has 4 aromatic rings. The zero-order valence-corrected chi connectivity index (χ0v) is 33.1. The van der Waals surface area contributed by atoms with Gasteiger partial charge in [0.15, 0.2) is 0 Å². The molecule has 0 fully saturated rings. The Kier molecular flexibility index (Phi) is 20.3. The molecule has 0 saturated heterocycles. The van der Waals surface area contributed by atoms with Gasteiger partial charge in [-0.05, 0) is 82.9 Å². The van der Waals surface area contributed by atoms with E-state index in [1.54, 1.807) is 69.4 Å². The molecule has 0 spiro atoms. The Morgan fingerprint density at radius 3 is 0.938 bits per heavy atom. The average Bonchev–Trinajstić information content (AvgIpc) is 3.14. The maximum absolute atomic E-state index is 13.1. The summed E-state index contributed by atoms with van der Waals surface area (Å²) >= 11 is 6.27. The highest BCUT2D eigenvalue weighted by atomic mass is 33.1. The minimum atomic E-state index is 0.0814. The highest BCUT2D eigenvalue weighted by Crippen LogP contribution is 2.37. The Hall–Kier alpha value is -1.38. The van der Waals surface area contributed by atoms with Gasteiger partial charge in [0.1, 0.15) is 0 Å². The maximum atomic E-state index is 13.1. The largest absolute Gasteiger partial charge is 0.312 e. The number of carbonyl (C=O) groups is 2. The molecule has 0 atom stereocenters. The fourth-order valence-electron chi connectivity index (χ4n) is 4.04. The number of carbonyl (C=O) groups excluding carboxylic acids is 2. The van der Waals surface area contributed by atoms with Gasteiger partial charge < -0.3 is 0 Å². The van der Waals surface area contributed by atoms with Gasteiger partial charge >= 0.3 is 10.5 Å². The third-order valence-corrected chi connectivity index (χ3v) is 16.1. The summed E-state index contributed by atoms with van der Waals surface area (Å²) in [4.78, 5) is 26.2. The molecule has 12 heteroatoms. The van der Waals surface area contributed by atoms with Gasteiger partial charge in [-0.3, -0.25) is 9.59 Å². The molecule has 0 saturated carbocycles. The van der Waals surface area contributed by atoms with Crippen molar-refractivity contribution in [3.05, 3.63) is 144 Å². The van der Waals surface area contributed by atoms with E-state index in [4.69, 9.17) is 0 Å². The summed E-state index contributed by atoms with van der Waals surface area (Å²) in [6.45, 7) is 0. The van der Waals surface area contributed by atoms with Gasteiger partial charge in [-0.1, -0.05) is 156 Å². The molecule has 0 bridgehead atoms. The van der Waals surface area contributed by atoms with E-state index in [1.165, 1.54) is 43.8 Å². The number of unbranched alkanes of at least 4 members (excludes halogenated alkanes) is 3. The molecule has 0 heterocycles. The van der Waals surface area contributed by atoms with E-state index in [0.717, 1.165) is 60.2 Å². The van der Waals surface area contributed by atoms with Crippen LogP contribution in [0.1, 0.15) is 47.9 Å². The van der Waals surface area contributed by atoms with Crippen molar-refractivity contribution in [2.24, 2.45) is 0 Å². The number of nitrogens with zero attached hydrogens (tertiary/aromatic N) is 2. The molecule has 0 radical (unpaired) electrons. The third kappa shape index (κ3) is 16.6.